The van der Waals surface area contributed by atoms with Crippen LogP contribution in [0.4, 0.5) is 0 Å². The van der Waals surface area contributed by atoms with Gasteiger partial charge in [0.2, 0.25) is 20.0 Å². The zero-order valence-corrected chi connectivity index (χ0v) is 22.2. The first kappa shape index (κ1) is 26.1. The van der Waals surface area contributed by atoms with Crippen molar-refractivity contribution in [3.8, 4) is 5.75 Å². The molecule has 0 fully saturated rings. The third kappa shape index (κ3) is 5.44. The molecule has 1 aliphatic heterocycles. The summed E-state index contributed by atoms with van der Waals surface area (Å²) in [7, 11) is -6.22. The van der Waals surface area contributed by atoms with Crippen LogP contribution in [0.3, 0.4) is 0 Å². The van der Waals surface area contributed by atoms with Gasteiger partial charge in [-0.25, -0.2) is 16.8 Å². The van der Waals surface area contributed by atoms with Crippen molar-refractivity contribution in [2.75, 3.05) is 26.7 Å². The molecule has 33 heavy (non-hydrogen) atoms. The van der Waals surface area contributed by atoms with Crippen molar-refractivity contribution in [3.63, 3.8) is 0 Å². The van der Waals surface area contributed by atoms with Gasteiger partial charge in [-0.3, -0.25) is 0 Å². The van der Waals surface area contributed by atoms with E-state index in [2.05, 4.69) is 15.9 Å². The van der Waals surface area contributed by atoms with Gasteiger partial charge < -0.3 is 9.84 Å². The lowest BCUT2D eigenvalue weighted by Crippen LogP contribution is -2.50. The molecule has 0 aliphatic carbocycles. The number of halogens is 1. The molecule has 0 spiro atoms. The summed E-state index contributed by atoms with van der Waals surface area (Å²) >= 11 is 3.35. The molecule has 3 atom stereocenters. The van der Waals surface area contributed by atoms with Gasteiger partial charge in [-0.15, -0.1) is 0 Å². The molecule has 0 bridgehead atoms. The summed E-state index contributed by atoms with van der Waals surface area (Å²) in [5, 5.41) is 9.69. The summed E-state index contributed by atoms with van der Waals surface area (Å²) in [5.41, 5.74) is 0.954. The number of sulfonamides is 2. The Bertz CT molecular complexity index is 1200. The van der Waals surface area contributed by atoms with Crippen molar-refractivity contribution in [1.82, 2.24) is 8.61 Å². The van der Waals surface area contributed by atoms with Crippen LogP contribution in [0.1, 0.15) is 19.4 Å². The number of aryl methyl sites for hydroxylation is 1. The van der Waals surface area contributed by atoms with Crippen molar-refractivity contribution in [1.29, 1.82) is 0 Å². The fourth-order valence-corrected chi connectivity index (χ4v) is 7.01. The highest BCUT2D eigenvalue weighted by atomic mass is 79.9. The number of aliphatic hydroxyl groups is 1. The Morgan fingerprint density at radius 2 is 1.88 bits per heavy atom. The minimum Gasteiger partial charge on any atom is -0.487 e. The molecular weight excluding hydrogens is 532 g/mol. The van der Waals surface area contributed by atoms with Gasteiger partial charge in [0.25, 0.3) is 0 Å². The van der Waals surface area contributed by atoms with E-state index in [0.717, 1.165) is 5.56 Å². The summed E-state index contributed by atoms with van der Waals surface area (Å²) in [6.07, 6.45) is -0.632. The fraction of sp³-hybridized carbons (Fsp3) is 0.455. The zero-order valence-electron chi connectivity index (χ0n) is 19.0. The molecule has 1 aliphatic rings. The van der Waals surface area contributed by atoms with E-state index in [0.29, 0.717) is 4.47 Å². The minimum absolute atomic E-state index is 0.0186. The van der Waals surface area contributed by atoms with Crippen molar-refractivity contribution in [2.45, 2.75) is 42.7 Å². The monoisotopic (exact) mass is 560 g/mol. The minimum atomic E-state index is -3.94. The largest absolute Gasteiger partial charge is 0.487 e. The highest BCUT2D eigenvalue weighted by Gasteiger charge is 2.39. The highest BCUT2D eigenvalue weighted by molar-refractivity contribution is 9.10. The van der Waals surface area contributed by atoms with Crippen LogP contribution >= 0.6 is 15.9 Å². The molecule has 8 nitrogen and oxygen atoms in total. The van der Waals surface area contributed by atoms with Crippen LogP contribution < -0.4 is 4.74 Å². The molecule has 1 N–H and O–H groups in total. The highest BCUT2D eigenvalue weighted by Crippen LogP contribution is 2.35. The third-order valence-corrected chi connectivity index (χ3v) is 10.1. The quantitative estimate of drug-likeness (QED) is 0.582. The number of likely N-dealkylation sites (N-methyl/N-ethyl adjacent to an activating group) is 1. The van der Waals surface area contributed by atoms with Crippen molar-refractivity contribution < 1.29 is 26.7 Å². The fourth-order valence-electron chi connectivity index (χ4n) is 3.66. The van der Waals surface area contributed by atoms with Crippen LogP contribution in [-0.4, -0.2) is 69.4 Å². The molecule has 0 unspecified atom stereocenters. The maximum absolute atomic E-state index is 13.3. The Morgan fingerprint density at radius 3 is 2.48 bits per heavy atom. The third-order valence-electron chi connectivity index (χ3n) is 5.80. The van der Waals surface area contributed by atoms with Crippen LogP contribution in [-0.2, 0) is 20.0 Å². The number of hydrogen-bond acceptors (Lipinski definition) is 6. The van der Waals surface area contributed by atoms with Gasteiger partial charge in [-0.2, -0.15) is 8.61 Å². The SMILES string of the molecule is Cc1ccc(S(=O)(=O)N(C)C[C@H]2Oc3cc(Br)ccc3S(=O)(=O)N([C@H](C)CO)C[C@H]2C)cc1. The van der Waals surface area contributed by atoms with Gasteiger partial charge in [-0.05, 0) is 44.2 Å². The molecule has 2 aromatic rings. The summed E-state index contributed by atoms with van der Waals surface area (Å²) in [5.74, 6) is -0.228. The second-order valence-electron chi connectivity index (χ2n) is 8.43. The molecule has 0 amide bonds. The Balaban J connectivity index is 2.00. The lowest BCUT2D eigenvalue weighted by atomic mass is 10.0. The molecule has 1 heterocycles. The lowest BCUT2D eigenvalue weighted by Gasteiger charge is -2.37. The van der Waals surface area contributed by atoms with Crippen LogP contribution in [0.5, 0.6) is 5.75 Å². The molecule has 0 saturated heterocycles. The standard InChI is InChI=1S/C22H29BrN2O6S2/c1-15-5-8-19(9-6-15)32(27,28)24(4)13-21-16(2)12-25(17(3)14-26)33(29,30)22-10-7-18(23)11-20(22)31-21/h5-11,16-17,21,26H,12-14H2,1-4H3/t16-,17-,21-/m1/s1. The van der Waals surface area contributed by atoms with Gasteiger partial charge in [-0.1, -0.05) is 40.5 Å². The number of nitrogens with zero attached hydrogens (tertiary/aromatic N) is 2. The maximum atomic E-state index is 13.3. The van der Waals surface area contributed by atoms with Crippen molar-refractivity contribution in [3.05, 3.63) is 52.5 Å². The van der Waals surface area contributed by atoms with Crippen LogP contribution in [0, 0.1) is 12.8 Å². The first-order valence-electron chi connectivity index (χ1n) is 10.5. The van der Waals surface area contributed by atoms with Crippen LogP contribution in [0.2, 0.25) is 0 Å². The molecule has 11 heteroatoms. The average Bonchev–Trinajstić information content (AvgIpc) is 2.75. The Kier molecular flexibility index (Phi) is 7.92. The van der Waals surface area contributed by atoms with E-state index in [-0.39, 0.29) is 41.2 Å². The van der Waals surface area contributed by atoms with Crippen molar-refractivity contribution >= 4 is 36.0 Å². The predicted octanol–water partition coefficient (Wildman–Crippen LogP) is 2.85. The predicted molar refractivity (Wildman–Crippen MR) is 129 cm³/mol. The van der Waals surface area contributed by atoms with Gasteiger partial charge >= 0.3 is 0 Å². The first-order valence-corrected chi connectivity index (χ1v) is 14.2. The second kappa shape index (κ2) is 10.0. The summed E-state index contributed by atoms with van der Waals surface area (Å²) < 4.78 is 62.2. The number of ether oxygens (including phenoxy) is 1. The summed E-state index contributed by atoms with van der Waals surface area (Å²) in [6.45, 7) is 5.08. The number of hydrogen-bond donors (Lipinski definition) is 1. The van der Waals surface area contributed by atoms with Gasteiger partial charge in [0.15, 0.2) is 0 Å². The molecule has 182 valence electrons. The van der Waals surface area contributed by atoms with E-state index in [4.69, 9.17) is 4.74 Å². The topological polar surface area (TPSA) is 104 Å². The van der Waals surface area contributed by atoms with Crippen LogP contribution in [0.25, 0.3) is 0 Å². The number of benzene rings is 2. The number of aliphatic hydroxyl groups excluding tert-OH is 1. The second-order valence-corrected chi connectivity index (χ2v) is 13.2. The van der Waals surface area contributed by atoms with Gasteiger partial charge in [0.05, 0.1) is 18.0 Å². The summed E-state index contributed by atoms with van der Waals surface area (Å²) in [6, 6.07) is 10.6. The van der Waals surface area contributed by atoms with Crippen molar-refractivity contribution in [2.24, 2.45) is 5.92 Å². The Labute approximate surface area is 204 Å². The van der Waals surface area contributed by atoms with Gasteiger partial charge in [0.1, 0.15) is 16.7 Å². The van der Waals surface area contributed by atoms with Gasteiger partial charge in [0, 0.05) is 30.0 Å². The molecule has 3 rings (SSSR count). The average molecular weight is 562 g/mol. The molecule has 0 saturated carbocycles. The van der Waals surface area contributed by atoms with E-state index < -0.39 is 32.2 Å². The Morgan fingerprint density at radius 1 is 1.24 bits per heavy atom. The Hall–Kier alpha value is -1.50. The number of fused-ring (bicyclic) bond motifs is 1. The van der Waals surface area contributed by atoms with Crippen LogP contribution in [0.15, 0.2) is 56.7 Å². The smallest absolute Gasteiger partial charge is 0.247 e. The molecule has 0 aromatic heterocycles. The summed E-state index contributed by atoms with van der Waals surface area (Å²) in [4.78, 5) is 0.155. The van der Waals surface area contributed by atoms with E-state index in [1.165, 1.54) is 21.7 Å². The molecular formula is C22H29BrN2O6S2. The van der Waals surface area contributed by atoms with E-state index in [1.54, 1.807) is 43.3 Å². The molecule has 0 radical (unpaired) electrons. The van der Waals surface area contributed by atoms with E-state index >= 15 is 0 Å². The normalized spacial score (nSPS) is 22.2. The molecule has 2 aromatic carbocycles. The lowest BCUT2D eigenvalue weighted by molar-refractivity contribution is 0.0904. The number of rotatable bonds is 6. The first-order chi connectivity index (χ1) is 15.4. The van der Waals surface area contributed by atoms with E-state index in [9.17, 15) is 21.9 Å². The zero-order chi connectivity index (χ0) is 24.6. The maximum Gasteiger partial charge on any atom is 0.247 e. The van der Waals surface area contributed by atoms with E-state index in [1.807, 2.05) is 13.8 Å².